The fourth-order valence-electron chi connectivity index (χ4n) is 2.13. The van der Waals surface area contributed by atoms with Crippen molar-refractivity contribution in [2.24, 2.45) is 10.9 Å². The normalized spacial score (nSPS) is 16.3. The van der Waals surface area contributed by atoms with Crippen LogP contribution in [0.25, 0.3) is 11.3 Å². The van der Waals surface area contributed by atoms with E-state index in [1.54, 1.807) is 24.7 Å². The van der Waals surface area contributed by atoms with Crippen molar-refractivity contribution in [2.75, 3.05) is 13.2 Å². The van der Waals surface area contributed by atoms with Crippen molar-refractivity contribution in [3.63, 3.8) is 0 Å². The number of hydrogen-bond donors (Lipinski definition) is 1. The van der Waals surface area contributed by atoms with E-state index >= 15 is 0 Å². The van der Waals surface area contributed by atoms with Gasteiger partial charge in [0.05, 0.1) is 10.7 Å². The first-order valence-electron chi connectivity index (χ1n) is 6.86. The summed E-state index contributed by atoms with van der Waals surface area (Å²) in [6.07, 6.45) is 5.55. The van der Waals surface area contributed by atoms with Crippen LogP contribution in [-0.4, -0.2) is 34.9 Å². The van der Waals surface area contributed by atoms with E-state index in [9.17, 15) is 0 Å². The summed E-state index contributed by atoms with van der Waals surface area (Å²) in [6.45, 7) is 0.748. The molecule has 8 heteroatoms. The Morgan fingerprint density at radius 1 is 1.39 bits per heavy atom. The van der Waals surface area contributed by atoms with Gasteiger partial charge in [0.1, 0.15) is 18.1 Å². The number of aromatic nitrogens is 2. The maximum Gasteiger partial charge on any atom is 0.166 e. The molecule has 0 saturated carbocycles. The van der Waals surface area contributed by atoms with E-state index in [2.05, 4.69) is 15.1 Å². The van der Waals surface area contributed by atoms with Gasteiger partial charge in [-0.25, -0.2) is 0 Å². The van der Waals surface area contributed by atoms with E-state index in [0.717, 1.165) is 11.3 Å². The van der Waals surface area contributed by atoms with Gasteiger partial charge in [-0.1, -0.05) is 16.8 Å². The van der Waals surface area contributed by atoms with Gasteiger partial charge in [-0.2, -0.15) is 0 Å². The molecule has 3 heterocycles. The van der Waals surface area contributed by atoms with Crippen molar-refractivity contribution in [3.05, 3.63) is 41.8 Å². The van der Waals surface area contributed by atoms with Crippen LogP contribution in [0.4, 0.5) is 0 Å². The Hall–Kier alpha value is -1.89. The third kappa shape index (κ3) is 4.31. The van der Waals surface area contributed by atoms with Crippen LogP contribution < -0.4 is 10.5 Å². The van der Waals surface area contributed by atoms with Gasteiger partial charge in [0.15, 0.2) is 6.10 Å². The average molecular weight is 355 g/mol. The van der Waals surface area contributed by atoms with Gasteiger partial charge in [0, 0.05) is 43.2 Å². The standard InChI is InChI=1S/C15H15ClN4O2.ClH/c16-11-4-14(21-9-13-5-12(6-17)20-22-13)15(19-8-11)10-2-1-3-18-7-10;/h1-4,7-8,13H,5-6,9,17H2;1H. The van der Waals surface area contributed by atoms with Crippen LogP contribution in [0.1, 0.15) is 6.42 Å². The summed E-state index contributed by atoms with van der Waals surface area (Å²) in [4.78, 5) is 13.7. The predicted molar refractivity (Wildman–Crippen MR) is 91.2 cm³/mol. The Morgan fingerprint density at radius 2 is 2.26 bits per heavy atom. The zero-order chi connectivity index (χ0) is 15.4. The average Bonchev–Trinajstić information content (AvgIpc) is 3.02. The highest BCUT2D eigenvalue weighted by Crippen LogP contribution is 2.30. The van der Waals surface area contributed by atoms with Crippen molar-refractivity contribution in [2.45, 2.75) is 12.5 Å². The number of ether oxygens (including phenoxy) is 1. The summed E-state index contributed by atoms with van der Waals surface area (Å²) in [5.74, 6) is 0.588. The minimum Gasteiger partial charge on any atom is -0.487 e. The second kappa shape index (κ2) is 8.10. The minimum absolute atomic E-state index is 0. The quantitative estimate of drug-likeness (QED) is 0.892. The molecule has 122 valence electrons. The van der Waals surface area contributed by atoms with Crippen LogP contribution in [0.2, 0.25) is 5.02 Å². The Bertz CT molecular complexity index is 682. The number of nitrogens with zero attached hydrogens (tertiary/aromatic N) is 3. The van der Waals surface area contributed by atoms with E-state index in [1.807, 2.05) is 12.1 Å². The third-order valence-electron chi connectivity index (χ3n) is 3.21. The van der Waals surface area contributed by atoms with Crippen LogP contribution in [0.15, 0.2) is 41.9 Å². The van der Waals surface area contributed by atoms with Crippen LogP contribution in [0, 0.1) is 0 Å². The number of pyridine rings is 2. The molecule has 2 aromatic heterocycles. The first-order chi connectivity index (χ1) is 10.8. The van der Waals surface area contributed by atoms with Gasteiger partial charge >= 0.3 is 0 Å². The Morgan fingerprint density at radius 3 is 2.96 bits per heavy atom. The molecule has 0 saturated heterocycles. The summed E-state index contributed by atoms with van der Waals surface area (Å²) in [7, 11) is 0. The molecule has 0 spiro atoms. The molecule has 0 aromatic carbocycles. The van der Waals surface area contributed by atoms with Crippen LogP contribution in [-0.2, 0) is 4.84 Å². The molecular formula is C15H16Cl2N4O2. The van der Waals surface area contributed by atoms with Crippen molar-refractivity contribution >= 4 is 29.7 Å². The van der Waals surface area contributed by atoms with Crippen LogP contribution in [0.3, 0.4) is 0 Å². The number of nitrogens with two attached hydrogens (primary N) is 1. The van der Waals surface area contributed by atoms with Crippen molar-refractivity contribution in [3.8, 4) is 17.0 Å². The lowest BCUT2D eigenvalue weighted by Crippen LogP contribution is -2.20. The smallest absolute Gasteiger partial charge is 0.166 e. The number of halogens is 2. The fraction of sp³-hybridized carbons (Fsp3) is 0.267. The van der Waals surface area contributed by atoms with Gasteiger partial charge in [0.25, 0.3) is 0 Å². The Balaban J connectivity index is 0.00000192. The zero-order valence-corrected chi connectivity index (χ0v) is 13.8. The number of oxime groups is 1. The summed E-state index contributed by atoms with van der Waals surface area (Å²) in [5.41, 5.74) is 7.93. The molecule has 1 atom stereocenters. The fourth-order valence-corrected chi connectivity index (χ4v) is 2.28. The van der Waals surface area contributed by atoms with Gasteiger partial charge in [-0.15, -0.1) is 12.4 Å². The van der Waals surface area contributed by atoms with E-state index in [1.165, 1.54) is 0 Å². The molecule has 0 amide bonds. The second-order valence-corrected chi connectivity index (χ2v) is 5.28. The molecule has 0 fully saturated rings. The lowest BCUT2D eigenvalue weighted by Gasteiger charge is -2.13. The zero-order valence-electron chi connectivity index (χ0n) is 12.2. The monoisotopic (exact) mass is 354 g/mol. The van der Waals surface area contributed by atoms with Crippen LogP contribution in [0.5, 0.6) is 5.75 Å². The SMILES string of the molecule is Cl.NCC1=NOC(COc2cc(Cl)cnc2-c2cccnc2)C1. The summed E-state index contributed by atoms with van der Waals surface area (Å²) >= 11 is 6.02. The highest BCUT2D eigenvalue weighted by atomic mass is 35.5. The third-order valence-corrected chi connectivity index (χ3v) is 3.42. The minimum atomic E-state index is -0.140. The maximum atomic E-state index is 6.02. The molecule has 2 aromatic rings. The number of hydrogen-bond acceptors (Lipinski definition) is 6. The molecule has 6 nitrogen and oxygen atoms in total. The molecule has 0 radical (unpaired) electrons. The topological polar surface area (TPSA) is 82.6 Å². The number of rotatable bonds is 5. The van der Waals surface area contributed by atoms with Gasteiger partial charge in [-0.3, -0.25) is 9.97 Å². The highest BCUT2D eigenvalue weighted by molar-refractivity contribution is 6.30. The van der Waals surface area contributed by atoms with Gasteiger partial charge in [0.2, 0.25) is 0 Å². The van der Waals surface area contributed by atoms with Crippen LogP contribution >= 0.6 is 24.0 Å². The van der Waals surface area contributed by atoms with E-state index in [-0.39, 0.29) is 18.5 Å². The Labute approximate surface area is 145 Å². The molecule has 1 aliphatic heterocycles. The molecule has 1 aliphatic rings. The van der Waals surface area contributed by atoms with E-state index in [4.69, 9.17) is 26.9 Å². The largest absolute Gasteiger partial charge is 0.487 e. The van der Waals surface area contributed by atoms with Crippen molar-refractivity contribution < 1.29 is 9.57 Å². The highest BCUT2D eigenvalue weighted by Gasteiger charge is 2.21. The van der Waals surface area contributed by atoms with Crippen molar-refractivity contribution in [1.29, 1.82) is 0 Å². The lowest BCUT2D eigenvalue weighted by molar-refractivity contribution is 0.0471. The van der Waals surface area contributed by atoms with E-state index < -0.39 is 0 Å². The second-order valence-electron chi connectivity index (χ2n) is 4.85. The molecule has 1 unspecified atom stereocenters. The lowest BCUT2D eigenvalue weighted by atomic mass is 10.1. The predicted octanol–water partition coefficient (Wildman–Crippen LogP) is 2.70. The van der Waals surface area contributed by atoms with Crippen molar-refractivity contribution in [1.82, 2.24) is 9.97 Å². The Kier molecular flexibility index (Phi) is 6.15. The molecule has 0 bridgehead atoms. The first kappa shape index (κ1) is 17.5. The molecule has 0 aliphatic carbocycles. The molecule has 2 N–H and O–H groups in total. The first-order valence-corrected chi connectivity index (χ1v) is 7.24. The summed E-state index contributed by atoms with van der Waals surface area (Å²) in [5, 5.41) is 4.41. The van der Waals surface area contributed by atoms with Gasteiger partial charge in [-0.05, 0) is 12.1 Å². The maximum absolute atomic E-state index is 6.02. The summed E-state index contributed by atoms with van der Waals surface area (Å²) < 4.78 is 5.84. The molecule has 3 rings (SSSR count). The van der Waals surface area contributed by atoms with Gasteiger partial charge < -0.3 is 15.3 Å². The molecule has 23 heavy (non-hydrogen) atoms. The molecular weight excluding hydrogens is 339 g/mol. The summed E-state index contributed by atoms with van der Waals surface area (Å²) in [6, 6.07) is 5.49. The van der Waals surface area contributed by atoms with E-state index in [0.29, 0.717) is 36.0 Å².